The first-order chi connectivity index (χ1) is 13.0. The fourth-order valence-corrected chi connectivity index (χ4v) is 2.69. The average molecular weight is 427 g/mol. The Morgan fingerprint density at radius 2 is 1.85 bits per heavy atom. The summed E-state index contributed by atoms with van der Waals surface area (Å²) in [5.74, 6) is -0.723. The highest BCUT2D eigenvalue weighted by molar-refractivity contribution is 9.10. The number of rotatable bonds is 4. The highest BCUT2D eigenvalue weighted by Gasteiger charge is 2.15. The number of amides is 1. The van der Waals surface area contributed by atoms with Gasteiger partial charge in [-0.1, -0.05) is 15.9 Å². The second kappa shape index (κ2) is 7.93. The molecular formula is C19H12BrFN4O2. The van der Waals surface area contributed by atoms with Crippen LogP contribution < -0.4 is 10.9 Å². The zero-order valence-electron chi connectivity index (χ0n) is 13.8. The number of nitrogens with one attached hydrogen (secondary N) is 1. The predicted molar refractivity (Wildman–Crippen MR) is 101 cm³/mol. The van der Waals surface area contributed by atoms with E-state index < -0.39 is 17.3 Å². The molecule has 8 heteroatoms. The molecule has 0 aliphatic rings. The van der Waals surface area contributed by atoms with Gasteiger partial charge in [-0.05, 0) is 48.5 Å². The zero-order valence-corrected chi connectivity index (χ0v) is 15.4. The summed E-state index contributed by atoms with van der Waals surface area (Å²) in [4.78, 5) is 29.1. The van der Waals surface area contributed by atoms with E-state index in [0.29, 0.717) is 11.3 Å². The van der Waals surface area contributed by atoms with Crippen molar-refractivity contribution in [1.29, 1.82) is 5.26 Å². The van der Waals surface area contributed by atoms with E-state index in [4.69, 9.17) is 5.26 Å². The second-order valence-corrected chi connectivity index (χ2v) is 6.48. The lowest BCUT2D eigenvalue weighted by Crippen LogP contribution is -2.31. The van der Waals surface area contributed by atoms with E-state index in [2.05, 4.69) is 26.2 Å². The summed E-state index contributed by atoms with van der Waals surface area (Å²) in [5.41, 5.74) is 0.188. The molecule has 0 atom stereocenters. The molecule has 1 N–H and O–H groups in total. The van der Waals surface area contributed by atoms with Crippen LogP contribution in [0, 0.1) is 17.1 Å². The minimum atomic E-state index is -0.641. The van der Waals surface area contributed by atoms with E-state index in [9.17, 15) is 14.0 Å². The molecule has 0 fully saturated rings. The summed E-state index contributed by atoms with van der Waals surface area (Å²) < 4.78 is 15.1. The molecule has 0 aliphatic heterocycles. The van der Waals surface area contributed by atoms with Crippen LogP contribution in [0.15, 0.2) is 64.0 Å². The first-order valence-electron chi connectivity index (χ1n) is 7.79. The summed E-state index contributed by atoms with van der Waals surface area (Å²) in [6.07, 6.45) is 1.14. The summed E-state index contributed by atoms with van der Waals surface area (Å²) in [6, 6.07) is 14.1. The Morgan fingerprint density at radius 3 is 2.48 bits per heavy atom. The Balaban J connectivity index is 1.96. The molecule has 1 amide bonds. The molecule has 3 aromatic rings. The molecule has 6 nitrogen and oxygen atoms in total. The molecule has 0 aliphatic carbocycles. The quantitative estimate of drug-likeness (QED) is 0.692. The molecule has 0 spiro atoms. The molecule has 0 unspecified atom stereocenters. The fourth-order valence-electron chi connectivity index (χ4n) is 2.42. The third-order valence-corrected chi connectivity index (χ3v) is 4.23. The van der Waals surface area contributed by atoms with Crippen molar-refractivity contribution in [2.24, 2.45) is 0 Å². The molecule has 27 heavy (non-hydrogen) atoms. The van der Waals surface area contributed by atoms with E-state index in [0.717, 1.165) is 15.2 Å². The van der Waals surface area contributed by atoms with Crippen LogP contribution in [-0.2, 0) is 11.3 Å². The third kappa shape index (κ3) is 4.27. The van der Waals surface area contributed by atoms with E-state index >= 15 is 0 Å². The van der Waals surface area contributed by atoms with Crippen LogP contribution in [0.2, 0.25) is 0 Å². The fraction of sp³-hybridized carbons (Fsp3) is 0.0526. The van der Waals surface area contributed by atoms with Gasteiger partial charge in [-0.2, -0.15) is 5.26 Å². The van der Waals surface area contributed by atoms with Gasteiger partial charge in [0.15, 0.2) is 0 Å². The number of carbonyl (C=O) groups is 1. The van der Waals surface area contributed by atoms with E-state index in [-0.39, 0.29) is 17.9 Å². The van der Waals surface area contributed by atoms with Crippen LogP contribution in [0.5, 0.6) is 0 Å². The Kier molecular flexibility index (Phi) is 5.43. The zero-order chi connectivity index (χ0) is 19.4. The Labute approximate surface area is 162 Å². The Bertz CT molecular complexity index is 1090. The van der Waals surface area contributed by atoms with Gasteiger partial charge in [0.25, 0.3) is 5.56 Å². The van der Waals surface area contributed by atoms with Crippen LogP contribution in [0.25, 0.3) is 11.4 Å². The highest BCUT2D eigenvalue weighted by Crippen LogP contribution is 2.17. The standard InChI is InChI=1S/C19H12BrFN4O2/c20-14-3-7-16(8-4-14)24-17(26)11-25-18(12-1-5-15(21)6-2-12)23-10-13(9-22)19(25)27/h1-8,10H,11H2,(H,24,26). The van der Waals surface area contributed by atoms with Gasteiger partial charge in [0, 0.05) is 15.7 Å². The number of hydrogen-bond donors (Lipinski definition) is 1. The van der Waals surface area contributed by atoms with Crippen LogP contribution in [0.3, 0.4) is 0 Å². The van der Waals surface area contributed by atoms with Crippen LogP contribution in [0.1, 0.15) is 5.56 Å². The molecule has 0 radical (unpaired) electrons. The maximum Gasteiger partial charge on any atom is 0.272 e. The number of anilines is 1. The normalized spacial score (nSPS) is 10.3. The summed E-state index contributed by atoms with van der Waals surface area (Å²) in [5, 5.41) is 11.8. The lowest BCUT2D eigenvalue weighted by molar-refractivity contribution is -0.116. The maximum absolute atomic E-state index is 13.2. The molecule has 1 heterocycles. The number of benzene rings is 2. The van der Waals surface area contributed by atoms with Gasteiger partial charge in [0.1, 0.15) is 29.8 Å². The minimum absolute atomic E-state index is 0.171. The lowest BCUT2D eigenvalue weighted by atomic mass is 10.2. The van der Waals surface area contributed by atoms with Gasteiger partial charge in [0.2, 0.25) is 5.91 Å². The molecule has 134 valence electrons. The van der Waals surface area contributed by atoms with Crippen molar-refractivity contribution in [2.75, 3.05) is 5.32 Å². The van der Waals surface area contributed by atoms with Crippen molar-refractivity contribution in [3.05, 3.63) is 80.9 Å². The van der Waals surface area contributed by atoms with Crippen LogP contribution in [-0.4, -0.2) is 15.5 Å². The first-order valence-corrected chi connectivity index (χ1v) is 8.58. The number of halogens is 2. The Hall–Kier alpha value is -3.31. The van der Waals surface area contributed by atoms with E-state index in [1.165, 1.54) is 24.3 Å². The molecule has 0 saturated heterocycles. The largest absolute Gasteiger partial charge is 0.325 e. The first kappa shape index (κ1) is 18.5. The summed E-state index contributed by atoms with van der Waals surface area (Å²) >= 11 is 3.31. The summed E-state index contributed by atoms with van der Waals surface area (Å²) in [6.45, 7) is -0.343. The van der Waals surface area contributed by atoms with Crippen molar-refractivity contribution < 1.29 is 9.18 Å². The molecule has 2 aromatic carbocycles. The highest BCUT2D eigenvalue weighted by atomic mass is 79.9. The number of carbonyl (C=O) groups excluding carboxylic acids is 1. The number of hydrogen-bond acceptors (Lipinski definition) is 4. The monoisotopic (exact) mass is 426 g/mol. The Morgan fingerprint density at radius 1 is 1.19 bits per heavy atom. The second-order valence-electron chi connectivity index (χ2n) is 5.56. The van der Waals surface area contributed by atoms with Crippen LogP contribution >= 0.6 is 15.9 Å². The summed E-state index contributed by atoms with van der Waals surface area (Å²) in [7, 11) is 0. The van der Waals surface area contributed by atoms with Gasteiger partial charge < -0.3 is 5.32 Å². The number of nitriles is 1. The van der Waals surface area contributed by atoms with Crippen molar-refractivity contribution in [2.45, 2.75) is 6.54 Å². The SMILES string of the molecule is N#Cc1cnc(-c2ccc(F)cc2)n(CC(=O)Nc2ccc(Br)cc2)c1=O. The van der Waals surface area contributed by atoms with E-state index in [1.54, 1.807) is 30.3 Å². The van der Waals surface area contributed by atoms with Crippen molar-refractivity contribution in [3.8, 4) is 17.5 Å². The van der Waals surface area contributed by atoms with Crippen molar-refractivity contribution in [3.63, 3.8) is 0 Å². The van der Waals surface area contributed by atoms with E-state index in [1.807, 2.05) is 0 Å². The predicted octanol–water partition coefficient (Wildman–Crippen LogP) is 3.32. The average Bonchev–Trinajstić information content (AvgIpc) is 2.66. The van der Waals surface area contributed by atoms with Crippen molar-refractivity contribution >= 4 is 27.5 Å². The van der Waals surface area contributed by atoms with Crippen molar-refractivity contribution in [1.82, 2.24) is 9.55 Å². The topological polar surface area (TPSA) is 87.8 Å². The maximum atomic E-state index is 13.2. The van der Waals surface area contributed by atoms with Gasteiger partial charge >= 0.3 is 0 Å². The number of nitrogens with zero attached hydrogens (tertiary/aromatic N) is 3. The molecule has 1 aromatic heterocycles. The van der Waals surface area contributed by atoms with Gasteiger partial charge in [-0.25, -0.2) is 9.37 Å². The lowest BCUT2D eigenvalue weighted by Gasteiger charge is -2.12. The van der Waals surface area contributed by atoms with Gasteiger partial charge in [-0.15, -0.1) is 0 Å². The minimum Gasteiger partial charge on any atom is -0.325 e. The molecule has 0 saturated carbocycles. The third-order valence-electron chi connectivity index (χ3n) is 3.70. The van der Waals surface area contributed by atoms with Gasteiger partial charge in [-0.3, -0.25) is 14.2 Å². The molecule has 0 bridgehead atoms. The smallest absolute Gasteiger partial charge is 0.272 e. The van der Waals surface area contributed by atoms with Gasteiger partial charge in [0.05, 0.1) is 6.20 Å². The van der Waals surface area contributed by atoms with Crippen LogP contribution in [0.4, 0.5) is 10.1 Å². The molecule has 3 rings (SSSR count). The molecular weight excluding hydrogens is 415 g/mol. The number of aromatic nitrogens is 2.